The van der Waals surface area contributed by atoms with Gasteiger partial charge < -0.3 is 10.0 Å². The van der Waals surface area contributed by atoms with Crippen LogP contribution in [0, 0.1) is 5.82 Å². The van der Waals surface area contributed by atoms with E-state index in [-0.39, 0.29) is 6.42 Å². The third kappa shape index (κ3) is 5.44. The van der Waals surface area contributed by atoms with Crippen molar-refractivity contribution in [1.29, 1.82) is 0 Å². The molecule has 0 saturated carbocycles. The van der Waals surface area contributed by atoms with Gasteiger partial charge in [-0.1, -0.05) is 49.8 Å². The summed E-state index contributed by atoms with van der Waals surface area (Å²) in [4.78, 5) is 1.46. The smallest absolute Gasteiger partial charge is 0.379 e. The molecule has 2 aliphatic rings. The number of alkyl halides is 3. The van der Waals surface area contributed by atoms with Crippen LogP contribution in [0.2, 0.25) is 0 Å². The second-order valence-corrected chi connectivity index (χ2v) is 9.47. The first kappa shape index (κ1) is 23.7. The van der Waals surface area contributed by atoms with Crippen LogP contribution in [0.25, 0.3) is 0 Å². The minimum Gasteiger partial charge on any atom is -0.379 e. The number of hydrogen-bond acceptors (Lipinski definition) is 3. The molecule has 2 atom stereocenters. The quantitative estimate of drug-likeness (QED) is 0.459. The lowest BCUT2D eigenvalue weighted by Gasteiger charge is -2.46. The Morgan fingerprint density at radius 2 is 1.74 bits per heavy atom. The molecule has 1 aliphatic carbocycles. The zero-order valence-corrected chi connectivity index (χ0v) is 18.4. The molecule has 0 bridgehead atoms. The first-order valence-corrected chi connectivity index (χ1v) is 11.1. The summed E-state index contributed by atoms with van der Waals surface area (Å²) >= 11 is 1.36. The Hall–Kier alpha value is -1.99. The molecule has 1 heterocycles. The molecule has 1 aromatic rings. The van der Waals surface area contributed by atoms with Gasteiger partial charge in [0.05, 0.1) is 6.04 Å². The first-order valence-electron chi connectivity index (χ1n) is 10.2. The van der Waals surface area contributed by atoms with E-state index in [1.807, 2.05) is 18.2 Å². The zero-order chi connectivity index (χ0) is 22.7. The number of hydrogen-bond donors (Lipinski definition) is 1. The molecule has 1 N–H and O–H groups in total. The van der Waals surface area contributed by atoms with Gasteiger partial charge in [0, 0.05) is 12.4 Å². The molecule has 0 amide bonds. The number of halogens is 4. The van der Waals surface area contributed by atoms with E-state index in [0.29, 0.717) is 12.0 Å². The van der Waals surface area contributed by atoms with Gasteiger partial charge in [-0.05, 0) is 59.6 Å². The number of aliphatic hydroxyl groups is 1. The minimum atomic E-state index is -4.87. The van der Waals surface area contributed by atoms with E-state index in [1.54, 1.807) is 37.1 Å². The van der Waals surface area contributed by atoms with E-state index in [2.05, 4.69) is 0 Å². The van der Waals surface area contributed by atoms with Crippen LogP contribution in [0.4, 0.5) is 17.6 Å². The second kappa shape index (κ2) is 9.25. The molecule has 2 unspecified atom stereocenters. The second-order valence-electron chi connectivity index (χ2n) is 8.65. The number of benzene rings is 1. The van der Waals surface area contributed by atoms with Gasteiger partial charge in [0.15, 0.2) is 5.60 Å². The molecular formula is C24H27F4NOS. The van der Waals surface area contributed by atoms with E-state index in [1.165, 1.54) is 40.9 Å². The van der Waals surface area contributed by atoms with Crippen LogP contribution in [0.3, 0.4) is 0 Å². The molecule has 31 heavy (non-hydrogen) atoms. The average Bonchev–Trinajstić information content (AvgIpc) is 2.72. The number of thioether (sulfide) groups is 1. The molecule has 3 rings (SSSR count). The Bertz CT molecular complexity index is 874. The molecule has 0 radical (unpaired) electrons. The predicted molar refractivity (Wildman–Crippen MR) is 118 cm³/mol. The van der Waals surface area contributed by atoms with Crippen LogP contribution in [0.1, 0.15) is 45.1 Å². The van der Waals surface area contributed by atoms with Gasteiger partial charge in [-0.25, -0.2) is 4.39 Å². The fourth-order valence-electron chi connectivity index (χ4n) is 4.19. The van der Waals surface area contributed by atoms with Gasteiger partial charge in [-0.2, -0.15) is 13.2 Å². The maximum atomic E-state index is 14.6. The van der Waals surface area contributed by atoms with E-state index in [0.717, 1.165) is 12.0 Å². The van der Waals surface area contributed by atoms with Crippen molar-refractivity contribution in [2.45, 2.75) is 62.8 Å². The lowest BCUT2D eigenvalue weighted by molar-refractivity contribution is -0.283. The molecule has 7 heteroatoms. The summed E-state index contributed by atoms with van der Waals surface area (Å²) in [5, 5.41) is 14.8. The van der Waals surface area contributed by atoms with E-state index in [9.17, 15) is 22.7 Å². The summed E-state index contributed by atoms with van der Waals surface area (Å²) in [6.45, 7) is 3.29. The average molecular weight is 454 g/mol. The van der Waals surface area contributed by atoms with E-state index >= 15 is 0 Å². The maximum absolute atomic E-state index is 14.6. The topological polar surface area (TPSA) is 23.5 Å². The van der Waals surface area contributed by atoms with E-state index < -0.39 is 35.5 Å². The van der Waals surface area contributed by atoms with Crippen molar-refractivity contribution in [2.75, 3.05) is 0 Å². The van der Waals surface area contributed by atoms with Crippen LogP contribution in [-0.2, 0) is 5.41 Å². The molecule has 1 aromatic carbocycles. The summed E-state index contributed by atoms with van der Waals surface area (Å²) < 4.78 is 57.0. The van der Waals surface area contributed by atoms with Crippen molar-refractivity contribution in [2.24, 2.45) is 0 Å². The van der Waals surface area contributed by atoms with Gasteiger partial charge in [-0.15, -0.1) is 11.8 Å². The molecule has 0 fully saturated rings. The largest absolute Gasteiger partial charge is 0.419 e. The van der Waals surface area contributed by atoms with Crippen LogP contribution >= 0.6 is 11.8 Å². The Labute approximate surface area is 185 Å². The van der Waals surface area contributed by atoms with Gasteiger partial charge in [0.1, 0.15) is 5.82 Å². The van der Waals surface area contributed by atoms with Gasteiger partial charge in [0.25, 0.3) is 0 Å². The lowest BCUT2D eigenvalue weighted by atomic mass is 9.71. The standard InChI is InChI=1S/C24H27F4NOS/c1-22(2,19-8-10-20(25)11-9-19)17-23(30,24(26,27)28)21(29-12-14-31-15-13-29)16-18-6-4-3-5-7-18/h3-4,6,8-15,21,30H,5,7,16-17H2,1-2H3. The van der Waals surface area contributed by atoms with Crippen LogP contribution < -0.4 is 0 Å². The summed E-state index contributed by atoms with van der Waals surface area (Å²) in [6.07, 6.45) is 4.91. The number of allylic oxidation sites excluding steroid dienone is 3. The SMILES string of the molecule is CC(C)(CC(O)(C(CC1=CC=CCC1)N1C=CSC=C1)C(F)(F)F)c1ccc(F)cc1. The van der Waals surface area contributed by atoms with Gasteiger partial charge in [-0.3, -0.25) is 0 Å². The molecular weight excluding hydrogens is 426 g/mol. The molecule has 1 aliphatic heterocycles. The fourth-order valence-corrected chi connectivity index (χ4v) is 4.70. The third-order valence-corrected chi connectivity index (χ3v) is 6.48. The summed E-state index contributed by atoms with van der Waals surface area (Å²) in [6, 6.07) is 4.18. The summed E-state index contributed by atoms with van der Waals surface area (Å²) in [7, 11) is 0. The van der Waals surface area contributed by atoms with Crippen molar-refractivity contribution < 1.29 is 22.7 Å². The third-order valence-electron chi connectivity index (χ3n) is 5.92. The Morgan fingerprint density at radius 1 is 1.10 bits per heavy atom. The van der Waals surface area contributed by atoms with Crippen LogP contribution in [-0.4, -0.2) is 27.8 Å². The molecule has 168 valence electrons. The Morgan fingerprint density at radius 3 is 2.29 bits per heavy atom. The highest BCUT2D eigenvalue weighted by atomic mass is 32.2. The van der Waals surface area contributed by atoms with Crippen molar-refractivity contribution in [1.82, 2.24) is 4.90 Å². The van der Waals surface area contributed by atoms with Crippen molar-refractivity contribution >= 4 is 11.8 Å². The highest BCUT2D eigenvalue weighted by Crippen LogP contribution is 2.46. The van der Waals surface area contributed by atoms with Crippen molar-refractivity contribution in [3.05, 3.63) is 82.7 Å². The Balaban J connectivity index is 2.02. The fraction of sp³-hybridized carbons (Fsp3) is 0.417. The normalized spacial score (nSPS) is 19.8. The highest BCUT2D eigenvalue weighted by molar-refractivity contribution is 8.04. The van der Waals surface area contributed by atoms with Gasteiger partial charge in [0.2, 0.25) is 0 Å². The monoisotopic (exact) mass is 453 g/mol. The van der Waals surface area contributed by atoms with Crippen LogP contribution in [0.15, 0.2) is 71.3 Å². The van der Waals surface area contributed by atoms with Crippen molar-refractivity contribution in [3.8, 4) is 0 Å². The first-order chi connectivity index (χ1) is 14.5. The molecule has 0 spiro atoms. The van der Waals surface area contributed by atoms with Gasteiger partial charge >= 0.3 is 6.18 Å². The zero-order valence-electron chi connectivity index (χ0n) is 17.6. The van der Waals surface area contributed by atoms with Crippen LogP contribution in [0.5, 0.6) is 0 Å². The minimum absolute atomic E-state index is 0.0825. The highest BCUT2D eigenvalue weighted by Gasteiger charge is 2.61. The molecule has 0 aromatic heterocycles. The molecule has 2 nitrogen and oxygen atoms in total. The number of nitrogens with zero attached hydrogens (tertiary/aromatic N) is 1. The van der Waals surface area contributed by atoms with Crippen molar-refractivity contribution in [3.63, 3.8) is 0 Å². The Kier molecular flexibility index (Phi) is 7.06. The maximum Gasteiger partial charge on any atom is 0.419 e. The molecule has 0 saturated heterocycles. The lowest BCUT2D eigenvalue weighted by Crippen LogP contribution is -2.61. The number of rotatable bonds is 7. The summed E-state index contributed by atoms with van der Waals surface area (Å²) in [5.41, 5.74) is -2.64. The summed E-state index contributed by atoms with van der Waals surface area (Å²) in [5.74, 6) is -0.457. The predicted octanol–water partition coefficient (Wildman–Crippen LogP) is 6.81. The van der Waals surface area contributed by atoms with E-state index in [4.69, 9.17) is 0 Å².